The normalized spacial score (nSPS) is 36.3. The maximum absolute atomic E-state index is 12.2. The standard InChI is InChI=1S/C18H26O/c1-14-5-8-17(3,9-6-14)11-12-18(4)10-7-15(2)13-16(18)19/h5,11-13H,6-10H2,1-4H3. The Balaban J connectivity index is 2.12. The van der Waals surface area contributed by atoms with Crippen LogP contribution in [0.4, 0.5) is 0 Å². The molecule has 0 aromatic carbocycles. The average molecular weight is 258 g/mol. The van der Waals surface area contributed by atoms with E-state index in [4.69, 9.17) is 0 Å². The number of hydrogen-bond donors (Lipinski definition) is 0. The van der Waals surface area contributed by atoms with E-state index in [2.05, 4.69) is 45.9 Å². The summed E-state index contributed by atoms with van der Waals surface area (Å²) < 4.78 is 0. The highest BCUT2D eigenvalue weighted by molar-refractivity contribution is 5.97. The molecule has 2 aliphatic carbocycles. The predicted octanol–water partition coefficient (Wildman–Crippen LogP) is 4.99. The van der Waals surface area contributed by atoms with Gasteiger partial charge in [0, 0.05) is 5.41 Å². The van der Waals surface area contributed by atoms with Gasteiger partial charge in [0.1, 0.15) is 0 Å². The monoisotopic (exact) mass is 258 g/mol. The van der Waals surface area contributed by atoms with Crippen LogP contribution in [0, 0.1) is 10.8 Å². The minimum atomic E-state index is -0.279. The van der Waals surface area contributed by atoms with Crippen molar-refractivity contribution in [2.24, 2.45) is 10.8 Å². The van der Waals surface area contributed by atoms with Gasteiger partial charge in [-0.25, -0.2) is 0 Å². The zero-order valence-electron chi connectivity index (χ0n) is 12.8. The third kappa shape index (κ3) is 3.26. The van der Waals surface area contributed by atoms with Crippen molar-refractivity contribution >= 4 is 5.78 Å². The summed E-state index contributed by atoms with van der Waals surface area (Å²) in [5.41, 5.74) is 2.68. The Morgan fingerprint density at radius 2 is 1.74 bits per heavy atom. The second-order valence-electron chi connectivity index (χ2n) is 7.01. The minimum absolute atomic E-state index is 0.235. The van der Waals surface area contributed by atoms with Gasteiger partial charge in [-0.05, 0) is 64.4 Å². The van der Waals surface area contributed by atoms with Crippen LogP contribution < -0.4 is 0 Å². The van der Waals surface area contributed by atoms with Gasteiger partial charge in [0.05, 0.1) is 0 Å². The lowest BCUT2D eigenvalue weighted by Crippen LogP contribution is -2.28. The molecule has 0 radical (unpaired) electrons. The maximum atomic E-state index is 12.2. The van der Waals surface area contributed by atoms with Gasteiger partial charge in [0.25, 0.3) is 0 Å². The zero-order chi connectivity index (χ0) is 14.1. The summed E-state index contributed by atoms with van der Waals surface area (Å²) in [5, 5.41) is 0. The fourth-order valence-electron chi connectivity index (χ4n) is 2.84. The minimum Gasteiger partial charge on any atom is -0.294 e. The smallest absolute Gasteiger partial charge is 0.165 e. The van der Waals surface area contributed by atoms with E-state index in [1.807, 2.05) is 6.08 Å². The van der Waals surface area contributed by atoms with E-state index in [1.165, 1.54) is 24.0 Å². The first-order valence-corrected chi connectivity index (χ1v) is 7.41. The van der Waals surface area contributed by atoms with Gasteiger partial charge >= 0.3 is 0 Å². The maximum Gasteiger partial charge on any atom is 0.165 e. The summed E-state index contributed by atoms with van der Waals surface area (Å²) >= 11 is 0. The molecule has 0 aliphatic heterocycles. The molecule has 2 rings (SSSR count). The Morgan fingerprint density at radius 1 is 1.05 bits per heavy atom. The van der Waals surface area contributed by atoms with E-state index >= 15 is 0 Å². The van der Waals surface area contributed by atoms with Crippen molar-refractivity contribution < 1.29 is 4.79 Å². The first-order valence-electron chi connectivity index (χ1n) is 7.41. The van der Waals surface area contributed by atoms with Crippen molar-refractivity contribution in [3.05, 3.63) is 35.5 Å². The molecule has 19 heavy (non-hydrogen) atoms. The topological polar surface area (TPSA) is 17.1 Å². The predicted molar refractivity (Wildman–Crippen MR) is 81.0 cm³/mol. The van der Waals surface area contributed by atoms with Gasteiger partial charge in [0.15, 0.2) is 5.78 Å². The lowest BCUT2D eigenvalue weighted by atomic mass is 9.71. The van der Waals surface area contributed by atoms with Gasteiger partial charge in [-0.15, -0.1) is 0 Å². The Bertz CT molecular complexity index is 466. The number of rotatable bonds is 2. The van der Waals surface area contributed by atoms with Crippen molar-refractivity contribution in [1.29, 1.82) is 0 Å². The largest absolute Gasteiger partial charge is 0.294 e. The molecule has 2 unspecified atom stereocenters. The lowest BCUT2D eigenvalue weighted by molar-refractivity contribution is -0.121. The fourth-order valence-corrected chi connectivity index (χ4v) is 2.84. The van der Waals surface area contributed by atoms with Crippen LogP contribution in [0.25, 0.3) is 0 Å². The molecule has 2 atom stereocenters. The van der Waals surface area contributed by atoms with E-state index in [-0.39, 0.29) is 16.6 Å². The Morgan fingerprint density at radius 3 is 2.32 bits per heavy atom. The van der Waals surface area contributed by atoms with Crippen LogP contribution in [0.5, 0.6) is 0 Å². The van der Waals surface area contributed by atoms with E-state index < -0.39 is 0 Å². The van der Waals surface area contributed by atoms with Crippen LogP contribution in [0.3, 0.4) is 0 Å². The average Bonchev–Trinajstić information content (AvgIpc) is 2.37. The van der Waals surface area contributed by atoms with Crippen LogP contribution in [-0.4, -0.2) is 5.78 Å². The van der Waals surface area contributed by atoms with E-state index in [1.54, 1.807) is 0 Å². The molecule has 0 aromatic heterocycles. The zero-order valence-corrected chi connectivity index (χ0v) is 12.8. The molecule has 0 saturated heterocycles. The highest BCUT2D eigenvalue weighted by Crippen LogP contribution is 2.39. The number of allylic oxidation sites excluding steroid dienone is 6. The molecule has 0 heterocycles. The van der Waals surface area contributed by atoms with Crippen molar-refractivity contribution in [2.75, 3.05) is 0 Å². The number of carbonyl (C=O) groups excluding carboxylic acids is 1. The molecule has 0 amide bonds. The van der Waals surface area contributed by atoms with E-state index in [0.717, 1.165) is 19.3 Å². The van der Waals surface area contributed by atoms with Gasteiger partial charge in [-0.1, -0.05) is 36.3 Å². The molecule has 0 saturated carbocycles. The van der Waals surface area contributed by atoms with Crippen molar-refractivity contribution in [3.8, 4) is 0 Å². The summed E-state index contributed by atoms with van der Waals surface area (Å²) in [6.45, 7) is 8.66. The van der Waals surface area contributed by atoms with Gasteiger partial charge < -0.3 is 0 Å². The molecular weight excluding hydrogens is 232 g/mol. The summed E-state index contributed by atoms with van der Waals surface area (Å²) in [5.74, 6) is 0.277. The molecule has 1 nitrogen and oxygen atoms in total. The third-order valence-electron chi connectivity index (χ3n) is 4.84. The quantitative estimate of drug-likeness (QED) is 0.637. The summed E-state index contributed by atoms with van der Waals surface area (Å²) in [6.07, 6.45) is 14.2. The summed E-state index contributed by atoms with van der Waals surface area (Å²) in [4.78, 5) is 12.2. The summed E-state index contributed by atoms with van der Waals surface area (Å²) in [6, 6.07) is 0. The van der Waals surface area contributed by atoms with E-state index in [0.29, 0.717) is 0 Å². The van der Waals surface area contributed by atoms with Crippen LogP contribution in [-0.2, 0) is 4.79 Å². The number of ketones is 1. The highest BCUT2D eigenvalue weighted by atomic mass is 16.1. The lowest BCUT2D eigenvalue weighted by Gasteiger charge is -2.32. The van der Waals surface area contributed by atoms with Gasteiger partial charge in [-0.2, -0.15) is 0 Å². The first kappa shape index (κ1) is 14.3. The van der Waals surface area contributed by atoms with Crippen LogP contribution in [0.15, 0.2) is 35.5 Å². The van der Waals surface area contributed by atoms with Crippen LogP contribution >= 0.6 is 0 Å². The SMILES string of the molecule is CC1=CCC(C)(C=CC2(C)CCC(C)=CC2=O)CC1. The van der Waals surface area contributed by atoms with Crippen molar-refractivity contribution in [2.45, 2.75) is 59.8 Å². The third-order valence-corrected chi connectivity index (χ3v) is 4.84. The molecular formula is C18H26O. The molecule has 0 fully saturated rings. The first-order chi connectivity index (χ1) is 8.83. The van der Waals surface area contributed by atoms with E-state index in [9.17, 15) is 4.79 Å². The Labute approximate surface area is 117 Å². The molecule has 0 bridgehead atoms. The molecule has 0 aromatic rings. The van der Waals surface area contributed by atoms with Crippen molar-refractivity contribution in [3.63, 3.8) is 0 Å². The Hall–Kier alpha value is -1.11. The van der Waals surface area contributed by atoms with Crippen LogP contribution in [0.2, 0.25) is 0 Å². The molecule has 2 aliphatic rings. The second-order valence-corrected chi connectivity index (χ2v) is 7.01. The Kier molecular flexibility index (Phi) is 3.85. The second kappa shape index (κ2) is 5.11. The highest BCUT2D eigenvalue weighted by Gasteiger charge is 2.33. The summed E-state index contributed by atoms with van der Waals surface area (Å²) in [7, 11) is 0. The number of carbonyl (C=O) groups is 1. The molecule has 1 heteroatoms. The van der Waals surface area contributed by atoms with Crippen LogP contribution in [0.1, 0.15) is 59.8 Å². The molecule has 104 valence electrons. The van der Waals surface area contributed by atoms with Gasteiger partial charge in [-0.3, -0.25) is 4.79 Å². The molecule has 0 spiro atoms. The fraction of sp³-hybridized carbons (Fsp3) is 0.611. The van der Waals surface area contributed by atoms with Gasteiger partial charge in [0.2, 0.25) is 0 Å². The van der Waals surface area contributed by atoms with Crippen molar-refractivity contribution in [1.82, 2.24) is 0 Å². The number of hydrogen-bond acceptors (Lipinski definition) is 1. The molecule has 0 N–H and O–H groups in total.